The molecule has 1 atom stereocenters. The second-order valence-corrected chi connectivity index (χ2v) is 14.0. The fourth-order valence-electron chi connectivity index (χ4n) is 2.37. The molecule has 0 aromatic heterocycles. The van der Waals surface area contributed by atoms with Crippen molar-refractivity contribution in [3.05, 3.63) is 63.1 Å². The molecular weight excluding hydrogens is 439 g/mol. The Kier molecular flexibility index (Phi) is 7.65. The molecule has 0 radical (unpaired) electrons. The number of methoxy groups -OCH3 is 1. The van der Waals surface area contributed by atoms with Crippen LogP contribution in [0.25, 0.3) is 0 Å². The number of hydrogen-bond donors (Lipinski definition) is 1. The lowest BCUT2D eigenvalue weighted by Gasteiger charge is -2.36. The summed E-state index contributed by atoms with van der Waals surface area (Å²) in [5.74, 6) is 5.72. The number of ether oxygens (including phenoxy) is 1. The minimum Gasteiger partial charge on any atom is -0.543 e. The van der Waals surface area contributed by atoms with Gasteiger partial charge in [0.05, 0.1) is 22.7 Å². The van der Waals surface area contributed by atoms with Crippen molar-refractivity contribution < 1.29 is 19.1 Å². The normalized spacial score (nSPS) is 12.6. The number of halogens is 2. The SMILES string of the molecule is COC(=O)c1c(Cl)cc(C#CC(O)c2cccc(O[Si](C)(C)C(C)(C)C)c2)cc1Cl. The van der Waals surface area contributed by atoms with Crippen LogP contribution >= 0.6 is 23.2 Å². The summed E-state index contributed by atoms with van der Waals surface area (Å²) in [6.45, 7) is 10.9. The van der Waals surface area contributed by atoms with Crippen molar-refractivity contribution in [2.45, 2.75) is 45.0 Å². The third-order valence-electron chi connectivity index (χ3n) is 5.14. The van der Waals surface area contributed by atoms with Gasteiger partial charge >= 0.3 is 5.97 Å². The van der Waals surface area contributed by atoms with Crippen molar-refractivity contribution in [3.8, 4) is 17.6 Å². The summed E-state index contributed by atoms with van der Waals surface area (Å²) in [4.78, 5) is 11.7. The molecule has 0 spiro atoms. The van der Waals surface area contributed by atoms with Gasteiger partial charge in [0.2, 0.25) is 8.32 Å². The van der Waals surface area contributed by atoms with Crippen LogP contribution in [0, 0.1) is 11.8 Å². The van der Waals surface area contributed by atoms with Crippen molar-refractivity contribution in [1.82, 2.24) is 0 Å². The van der Waals surface area contributed by atoms with E-state index in [4.69, 9.17) is 27.6 Å². The minimum atomic E-state index is -1.99. The van der Waals surface area contributed by atoms with E-state index in [1.807, 2.05) is 12.1 Å². The standard InChI is InChI=1S/C23H26Cl2O4Si/c1-23(2,3)30(5,6)29-17-9-7-8-16(14-17)20(26)11-10-15-12-18(24)21(19(25)13-15)22(27)28-4/h7-9,12-14,20,26H,1-6H3. The summed E-state index contributed by atoms with van der Waals surface area (Å²) in [6.07, 6.45) is -1.02. The highest BCUT2D eigenvalue weighted by molar-refractivity contribution is 6.74. The van der Waals surface area contributed by atoms with Crippen LogP contribution in [-0.4, -0.2) is 26.5 Å². The van der Waals surface area contributed by atoms with Crippen LogP contribution in [0.15, 0.2) is 36.4 Å². The van der Waals surface area contributed by atoms with Crippen LogP contribution in [0.2, 0.25) is 28.2 Å². The van der Waals surface area contributed by atoms with Gasteiger partial charge in [-0.05, 0) is 48.0 Å². The van der Waals surface area contributed by atoms with Crippen molar-refractivity contribution in [1.29, 1.82) is 0 Å². The van der Waals surface area contributed by atoms with Gasteiger partial charge in [-0.15, -0.1) is 0 Å². The first kappa shape index (κ1) is 24.3. The third kappa shape index (κ3) is 5.80. The Labute approximate surface area is 189 Å². The van der Waals surface area contributed by atoms with Gasteiger partial charge < -0.3 is 14.3 Å². The molecule has 0 aliphatic heterocycles. The summed E-state index contributed by atoms with van der Waals surface area (Å²) >= 11 is 12.3. The van der Waals surface area contributed by atoms with Gasteiger partial charge in [-0.3, -0.25) is 0 Å². The largest absolute Gasteiger partial charge is 0.543 e. The number of aliphatic hydroxyl groups excluding tert-OH is 1. The van der Waals surface area contributed by atoms with Gasteiger partial charge in [0.1, 0.15) is 11.9 Å². The Morgan fingerprint density at radius 1 is 1.13 bits per heavy atom. The molecular formula is C23H26Cl2O4Si. The number of benzene rings is 2. The van der Waals surface area contributed by atoms with Crippen LogP contribution in [0.4, 0.5) is 0 Å². The van der Waals surface area contributed by atoms with Crippen molar-refractivity contribution >= 4 is 37.5 Å². The first-order valence-electron chi connectivity index (χ1n) is 9.41. The highest BCUT2D eigenvalue weighted by Gasteiger charge is 2.39. The first-order valence-corrected chi connectivity index (χ1v) is 13.1. The molecule has 1 unspecified atom stereocenters. The summed E-state index contributed by atoms with van der Waals surface area (Å²) in [5, 5.41) is 10.9. The van der Waals surface area contributed by atoms with Crippen LogP contribution in [0.3, 0.4) is 0 Å². The quantitative estimate of drug-likeness (QED) is 0.330. The second kappa shape index (κ2) is 9.45. The highest BCUT2D eigenvalue weighted by atomic mass is 35.5. The first-order chi connectivity index (χ1) is 13.9. The number of aliphatic hydroxyl groups is 1. The van der Waals surface area contributed by atoms with Gasteiger partial charge in [-0.1, -0.05) is 67.9 Å². The molecule has 30 heavy (non-hydrogen) atoms. The predicted octanol–water partition coefficient (Wildman–Crippen LogP) is 6.25. The van der Waals surface area contributed by atoms with Crippen molar-refractivity contribution in [2.24, 2.45) is 0 Å². The molecule has 2 rings (SSSR count). The molecule has 0 amide bonds. The van der Waals surface area contributed by atoms with E-state index < -0.39 is 20.4 Å². The maximum Gasteiger partial charge on any atom is 0.340 e. The molecule has 2 aromatic carbocycles. The molecule has 0 saturated carbocycles. The molecule has 4 nitrogen and oxygen atoms in total. The van der Waals surface area contributed by atoms with Gasteiger partial charge in [-0.25, -0.2) is 4.79 Å². The Hall–Kier alpha value is -1.97. The van der Waals surface area contributed by atoms with E-state index >= 15 is 0 Å². The molecule has 1 N–H and O–H groups in total. The topological polar surface area (TPSA) is 55.8 Å². The molecule has 2 aromatic rings. The fourth-order valence-corrected chi connectivity index (χ4v) is 4.04. The Morgan fingerprint density at radius 2 is 1.73 bits per heavy atom. The molecule has 0 aliphatic carbocycles. The van der Waals surface area contributed by atoms with Crippen molar-refractivity contribution in [3.63, 3.8) is 0 Å². The van der Waals surface area contributed by atoms with Gasteiger partial charge in [-0.2, -0.15) is 0 Å². The van der Waals surface area contributed by atoms with Crippen LogP contribution < -0.4 is 4.43 Å². The summed E-state index contributed by atoms with van der Waals surface area (Å²) in [5.41, 5.74) is 1.19. The van der Waals surface area contributed by atoms with E-state index in [0.717, 1.165) is 0 Å². The van der Waals surface area contributed by atoms with Gasteiger partial charge in [0.25, 0.3) is 0 Å². The molecule has 0 saturated heterocycles. The molecule has 0 fully saturated rings. The number of rotatable bonds is 4. The summed E-state index contributed by atoms with van der Waals surface area (Å²) < 4.78 is 11.0. The number of hydrogen-bond acceptors (Lipinski definition) is 4. The monoisotopic (exact) mass is 464 g/mol. The van der Waals surface area contributed by atoms with Gasteiger partial charge in [0, 0.05) is 5.56 Å². The Balaban J connectivity index is 2.25. The number of carbonyl (C=O) groups excluding carboxylic acids is 1. The fraction of sp³-hybridized carbons (Fsp3) is 0.348. The van der Waals surface area contributed by atoms with E-state index in [1.165, 1.54) is 19.2 Å². The molecule has 0 heterocycles. The predicted molar refractivity (Wildman–Crippen MR) is 124 cm³/mol. The van der Waals surface area contributed by atoms with Crippen molar-refractivity contribution in [2.75, 3.05) is 7.11 Å². The zero-order valence-corrected chi connectivity index (χ0v) is 20.5. The molecule has 0 aliphatic rings. The van der Waals surface area contributed by atoms with E-state index in [-0.39, 0.29) is 20.6 Å². The average molecular weight is 465 g/mol. The van der Waals surface area contributed by atoms with E-state index in [9.17, 15) is 9.90 Å². The highest BCUT2D eigenvalue weighted by Crippen LogP contribution is 2.37. The minimum absolute atomic E-state index is 0.0658. The maximum absolute atomic E-state index is 11.7. The van der Waals surface area contributed by atoms with Crippen LogP contribution in [-0.2, 0) is 4.74 Å². The van der Waals surface area contributed by atoms with Gasteiger partial charge in [0.15, 0.2) is 0 Å². The lowest BCUT2D eigenvalue weighted by molar-refractivity contribution is 0.0601. The lowest BCUT2D eigenvalue weighted by Crippen LogP contribution is -2.43. The summed E-state index contributed by atoms with van der Waals surface area (Å²) in [7, 11) is -0.738. The zero-order chi connectivity index (χ0) is 22.7. The van der Waals surface area contributed by atoms with E-state index in [1.54, 1.807) is 12.1 Å². The van der Waals surface area contributed by atoms with Crippen LogP contribution in [0.1, 0.15) is 48.4 Å². The zero-order valence-electron chi connectivity index (χ0n) is 18.0. The van der Waals surface area contributed by atoms with E-state index in [2.05, 4.69) is 50.4 Å². The van der Waals surface area contributed by atoms with Crippen LogP contribution in [0.5, 0.6) is 5.75 Å². The Morgan fingerprint density at radius 3 is 2.27 bits per heavy atom. The smallest absolute Gasteiger partial charge is 0.340 e. The number of esters is 1. The second-order valence-electron chi connectivity index (χ2n) is 8.41. The lowest BCUT2D eigenvalue weighted by atomic mass is 10.1. The molecule has 0 bridgehead atoms. The Bertz CT molecular complexity index is 977. The maximum atomic E-state index is 11.7. The third-order valence-corrected chi connectivity index (χ3v) is 10.1. The summed E-state index contributed by atoms with van der Waals surface area (Å²) in [6, 6.07) is 10.3. The van der Waals surface area contributed by atoms with E-state index in [0.29, 0.717) is 16.9 Å². The number of carbonyl (C=O) groups is 1. The average Bonchev–Trinajstić information content (AvgIpc) is 2.64. The molecule has 7 heteroatoms. The molecule has 160 valence electrons.